The molecular formula is C30H33N5O3. The van der Waals surface area contributed by atoms with Gasteiger partial charge in [0.05, 0.1) is 31.0 Å². The van der Waals surface area contributed by atoms with Crippen molar-refractivity contribution in [3.8, 4) is 0 Å². The smallest absolute Gasteiger partial charge is 0.258 e. The van der Waals surface area contributed by atoms with E-state index in [1.54, 1.807) is 11.9 Å². The average molecular weight is 512 g/mol. The predicted molar refractivity (Wildman–Crippen MR) is 152 cm³/mol. The number of morpholine rings is 1. The molecule has 2 aliphatic rings. The SMILES string of the molecule is CN(C(=O)CNCCN1CCOCC1)c1ccc(NC(=C2C(=O)Nc3ccccc32)c2ccccc2)cc1. The minimum Gasteiger partial charge on any atom is -0.379 e. The third-order valence-corrected chi connectivity index (χ3v) is 6.87. The molecule has 0 spiro atoms. The number of nitrogens with one attached hydrogen (secondary N) is 3. The molecule has 1 saturated heterocycles. The zero-order valence-electron chi connectivity index (χ0n) is 21.6. The summed E-state index contributed by atoms with van der Waals surface area (Å²) in [6, 6.07) is 25.2. The molecule has 2 heterocycles. The normalized spacial score (nSPS) is 16.5. The number of amides is 2. The van der Waals surface area contributed by atoms with Gasteiger partial charge in [-0.2, -0.15) is 0 Å². The van der Waals surface area contributed by atoms with Crippen LogP contribution < -0.4 is 20.9 Å². The molecule has 3 aromatic carbocycles. The van der Waals surface area contributed by atoms with Crippen molar-refractivity contribution in [1.29, 1.82) is 0 Å². The number of fused-ring (bicyclic) bond motifs is 1. The molecule has 0 bridgehead atoms. The highest BCUT2D eigenvalue weighted by Crippen LogP contribution is 2.37. The number of hydrogen-bond acceptors (Lipinski definition) is 6. The van der Waals surface area contributed by atoms with Gasteiger partial charge in [-0.15, -0.1) is 0 Å². The predicted octanol–water partition coefficient (Wildman–Crippen LogP) is 3.50. The third-order valence-electron chi connectivity index (χ3n) is 6.87. The molecule has 3 aromatic rings. The van der Waals surface area contributed by atoms with E-state index in [4.69, 9.17) is 4.74 Å². The lowest BCUT2D eigenvalue weighted by atomic mass is 10.00. The van der Waals surface area contributed by atoms with Crippen LogP contribution in [0.3, 0.4) is 0 Å². The van der Waals surface area contributed by atoms with Crippen molar-refractivity contribution in [2.24, 2.45) is 0 Å². The fraction of sp³-hybridized carbons (Fsp3) is 0.267. The van der Waals surface area contributed by atoms with E-state index in [0.29, 0.717) is 5.57 Å². The Kier molecular flexibility index (Phi) is 8.13. The number of carbonyl (C=O) groups excluding carboxylic acids is 2. The molecule has 0 radical (unpaired) electrons. The number of para-hydroxylation sites is 1. The molecule has 0 aromatic heterocycles. The molecule has 8 nitrogen and oxygen atoms in total. The number of carbonyl (C=O) groups is 2. The summed E-state index contributed by atoms with van der Waals surface area (Å²) in [5, 5.41) is 9.68. The fourth-order valence-electron chi connectivity index (χ4n) is 4.68. The van der Waals surface area contributed by atoms with E-state index in [9.17, 15) is 9.59 Å². The summed E-state index contributed by atoms with van der Waals surface area (Å²) in [5.41, 5.74) is 5.54. The second kappa shape index (κ2) is 12.0. The Labute approximate surface area is 223 Å². The van der Waals surface area contributed by atoms with Crippen molar-refractivity contribution in [2.45, 2.75) is 0 Å². The lowest BCUT2D eigenvalue weighted by molar-refractivity contribution is -0.117. The average Bonchev–Trinajstić information content (AvgIpc) is 3.30. The van der Waals surface area contributed by atoms with Crippen LogP contribution >= 0.6 is 0 Å². The molecule has 196 valence electrons. The summed E-state index contributed by atoms with van der Waals surface area (Å²) in [7, 11) is 1.78. The van der Waals surface area contributed by atoms with Gasteiger partial charge < -0.3 is 25.6 Å². The molecule has 38 heavy (non-hydrogen) atoms. The maximum atomic E-state index is 13.0. The number of anilines is 3. The summed E-state index contributed by atoms with van der Waals surface area (Å²) in [4.78, 5) is 29.7. The van der Waals surface area contributed by atoms with E-state index in [1.807, 2.05) is 78.9 Å². The summed E-state index contributed by atoms with van der Waals surface area (Å²) >= 11 is 0. The highest BCUT2D eigenvalue weighted by atomic mass is 16.5. The maximum Gasteiger partial charge on any atom is 0.258 e. The zero-order chi connectivity index (χ0) is 26.3. The third kappa shape index (κ3) is 5.94. The van der Waals surface area contributed by atoms with Crippen LogP contribution in [0.15, 0.2) is 78.9 Å². The van der Waals surface area contributed by atoms with Crippen molar-refractivity contribution in [1.82, 2.24) is 10.2 Å². The maximum absolute atomic E-state index is 13.0. The summed E-state index contributed by atoms with van der Waals surface area (Å²) in [6.07, 6.45) is 0. The van der Waals surface area contributed by atoms with Crippen molar-refractivity contribution in [2.75, 3.05) is 68.5 Å². The highest BCUT2D eigenvalue weighted by molar-refractivity contribution is 6.37. The first kappa shape index (κ1) is 25.7. The molecule has 0 unspecified atom stereocenters. The Morgan fingerprint density at radius 3 is 2.45 bits per heavy atom. The van der Waals surface area contributed by atoms with Gasteiger partial charge in [0, 0.05) is 55.9 Å². The van der Waals surface area contributed by atoms with Crippen molar-refractivity contribution in [3.63, 3.8) is 0 Å². The standard InChI is InChI=1S/C30H33N5O3/c1-34(27(36)21-31-15-16-35-17-19-38-20-18-35)24-13-11-23(12-14-24)32-29(22-7-3-2-4-8-22)28-25-9-5-6-10-26(25)33-30(28)37/h2-14,31-32H,15-21H2,1H3,(H,33,37). The van der Waals surface area contributed by atoms with Gasteiger partial charge in [-0.25, -0.2) is 0 Å². The number of nitrogens with zero attached hydrogens (tertiary/aromatic N) is 2. The summed E-state index contributed by atoms with van der Waals surface area (Å²) < 4.78 is 5.37. The lowest BCUT2D eigenvalue weighted by Crippen LogP contribution is -2.42. The fourth-order valence-corrected chi connectivity index (χ4v) is 4.68. The van der Waals surface area contributed by atoms with Gasteiger partial charge in [0.15, 0.2) is 0 Å². The van der Waals surface area contributed by atoms with Crippen LogP contribution in [-0.4, -0.2) is 69.7 Å². The quantitative estimate of drug-likeness (QED) is 0.301. The Bertz CT molecular complexity index is 1300. The number of ether oxygens (including phenoxy) is 1. The van der Waals surface area contributed by atoms with Gasteiger partial charge in [-0.1, -0.05) is 48.5 Å². The number of likely N-dealkylation sites (N-methyl/N-ethyl adjacent to an activating group) is 1. The first-order valence-electron chi connectivity index (χ1n) is 12.9. The molecule has 3 N–H and O–H groups in total. The van der Waals surface area contributed by atoms with Crippen LogP contribution in [-0.2, 0) is 14.3 Å². The van der Waals surface area contributed by atoms with Gasteiger partial charge in [0.2, 0.25) is 5.91 Å². The second-order valence-electron chi connectivity index (χ2n) is 9.37. The molecule has 8 heteroatoms. The van der Waals surface area contributed by atoms with Crippen LogP contribution in [0.4, 0.5) is 17.1 Å². The monoisotopic (exact) mass is 511 g/mol. The zero-order valence-corrected chi connectivity index (χ0v) is 21.6. The number of hydrogen-bond donors (Lipinski definition) is 3. The Balaban J connectivity index is 1.26. The van der Waals surface area contributed by atoms with Crippen molar-refractivity contribution in [3.05, 3.63) is 90.0 Å². The topological polar surface area (TPSA) is 85.9 Å². The molecular weight excluding hydrogens is 478 g/mol. The largest absolute Gasteiger partial charge is 0.379 e. The van der Waals surface area contributed by atoms with E-state index >= 15 is 0 Å². The first-order valence-corrected chi connectivity index (χ1v) is 12.9. The Hall–Kier alpha value is -3.98. The van der Waals surface area contributed by atoms with Gasteiger partial charge in [0.25, 0.3) is 5.91 Å². The molecule has 2 aliphatic heterocycles. The van der Waals surface area contributed by atoms with Crippen LogP contribution in [0.25, 0.3) is 11.3 Å². The Morgan fingerprint density at radius 1 is 0.974 bits per heavy atom. The van der Waals surface area contributed by atoms with Crippen molar-refractivity contribution < 1.29 is 14.3 Å². The van der Waals surface area contributed by atoms with Crippen LogP contribution in [0.1, 0.15) is 11.1 Å². The van der Waals surface area contributed by atoms with Crippen LogP contribution in [0.2, 0.25) is 0 Å². The first-order chi connectivity index (χ1) is 18.6. The molecule has 2 amide bonds. The molecule has 5 rings (SSSR count). The van der Waals surface area contributed by atoms with E-state index < -0.39 is 0 Å². The van der Waals surface area contributed by atoms with Gasteiger partial charge in [-0.3, -0.25) is 14.5 Å². The van der Waals surface area contributed by atoms with Crippen molar-refractivity contribution >= 4 is 40.1 Å². The molecule has 1 fully saturated rings. The summed E-state index contributed by atoms with van der Waals surface area (Å²) in [6.45, 7) is 5.37. The molecule has 0 saturated carbocycles. The Morgan fingerprint density at radius 2 is 1.68 bits per heavy atom. The van der Waals surface area contributed by atoms with E-state index in [2.05, 4.69) is 20.9 Å². The minimum atomic E-state index is -0.138. The van der Waals surface area contributed by atoms with Gasteiger partial charge in [-0.05, 0) is 35.9 Å². The second-order valence-corrected chi connectivity index (χ2v) is 9.37. The van der Waals surface area contributed by atoms with Crippen LogP contribution in [0, 0.1) is 0 Å². The number of rotatable bonds is 9. The number of benzene rings is 3. The highest BCUT2D eigenvalue weighted by Gasteiger charge is 2.28. The van der Waals surface area contributed by atoms with E-state index in [1.165, 1.54) is 0 Å². The molecule has 0 atom stereocenters. The van der Waals surface area contributed by atoms with Gasteiger partial charge >= 0.3 is 0 Å². The van der Waals surface area contributed by atoms with E-state index in [-0.39, 0.29) is 18.4 Å². The van der Waals surface area contributed by atoms with Gasteiger partial charge in [0.1, 0.15) is 0 Å². The molecule has 0 aliphatic carbocycles. The van der Waals surface area contributed by atoms with Crippen LogP contribution in [0.5, 0.6) is 0 Å². The summed E-state index contributed by atoms with van der Waals surface area (Å²) in [5.74, 6) is -0.139. The lowest BCUT2D eigenvalue weighted by Gasteiger charge is -2.26. The minimum absolute atomic E-state index is 0.000914. The van der Waals surface area contributed by atoms with E-state index in [0.717, 1.165) is 73.3 Å².